The van der Waals surface area contributed by atoms with E-state index in [0.29, 0.717) is 31.1 Å². The number of rotatable bonds is 3. The molecular weight excluding hydrogens is 270 g/mol. The van der Waals surface area contributed by atoms with E-state index in [2.05, 4.69) is 0 Å². The lowest BCUT2D eigenvalue weighted by Crippen LogP contribution is -2.48. The lowest BCUT2D eigenvalue weighted by molar-refractivity contribution is 0.0724. The first-order chi connectivity index (χ1) is 8.93. The normalized spacial score (nSPS) is 20.5. The van der Waals surface area contributed by atoms with Gasteiger partial charge in [-0.25, -0.2) is 13.6 Å². The minimum Gasteiger partial charge on any atom is -0.399 e. The Morgan fingerprint density at radius 1 is 1.47 bits per heavy atom. The Morgan fingerprint density at radius 3 is 2.84 bits per heavy atom. The van der Waals surface area contributed by atoms with Crippen molar-refractivity contribution in [2.24, 2.45) is 5.14 Å². The zero-order valence-electron chi connectivity index (χ0n) is 10.3. The Morgan fingerprint density at radius 2 is 2.21 bits per heavy atom. The summed E-state index contributed by atoms with van der Waals surface area (Å²) < 4.78 is 28.6. The molecule has 106 valence electrons. The van der Waals surface area contributed by atoms with Crippen molar-refractivity contribution in [3.63, 3.8) is 0 Å². The van der Waals surface area contributed by atoms with Gasteiger partial charge < -0.3 is 20.5 Å². The number of nitrogens with two attached hydrogens (primary N) is 2. The summed E-state index contributed by atoms with van der Waals surface area (Å²) in [5, 5.41) is 14.6. The number of nitrogen functional groups attached to an aromatic ring is 1. The average Bonchev–Trinajstić information content (AvgIpc) is 2.37. The third kappa shape index (κ3) is 2.98. The summed E-state index contributed by atoms with van der Waals surface area (Å²) in [6.45, 7) is 1.15. The molecule has 1 aromatic rings. The molecule has 0 radical (unpaired) electrons. The summed E-state index contributed by atoms with van der Waals surface area (Å²) in [5.41, 5.74) is 6.37. The number of hydrogen-bond donors (Lipinski definition) is 3. The van der Waals surface area contributed by atoms with Crippen LogP contribution in [0.25, 0.3) is 0 Å². The molecule has 0 saturated carbocycles. The van der Waals surface area contributed by atoms with Crippen molar-refractivity contribution in [2.75, 3.05) is 37.0 Å². The minimum atomic E-state index is -3.88. The van der Waals surface area contributed by atoms with Gasteiger partial charge in [0.2, 0.25) is 10.0 Å². The molecule has 0 amide bonds. The van der Waals surface area contributed by atoms with Gasteiger partial charge in [0.25, 0.3) is 0 Å². The quantitative estimate of drug-likeness (QED) is 0.621. The Bertz CT molecular complexity index is 561. The smallest absolute Gasteiger partial charge is 0.240 e. The van der Waals surface area contributed by atoms with Gasteiger partial charge in [-0.3, -0.25) is 0 Å². The van der Waals surface area contributed by atoms with Gasteiger partial charge in [0.05, 0.1) is 31.5 Å². The minimum absolute atomic E-state index is 0.0344. The first-order valence-corrected chi connectivity index (χ1v) is 7.35. The van der Waals surface area contributed by atoms with Crippen LogP contribution in [0.15, 0.2) is 23.1 Å². The fourth-order valence-corrected chi connectivity index (χ4v) is 2.90. The van der Waals surface area contributed by atoms with Gasteiger partial charge in [-0.15, -0.1) is 0 Å². The van der Waals surface area contributed by atoms with Gasteiger partial charge in [0.1, 0.15) is 4.90 Å². The maximum absolute atomic E-state index is 11.6. The lowest BCUT2D eigenvalue weighted by atomic mass is 10.2. The van der Waals surface area contributed by atoms with Gasteiger partial charge in [-0.1, -0.05) is 0 Å². The highest BCUT2D eigenvalue weighted by Crippen LogP contribution is 2.29. The summed E-state index contributed by atoms with van der Waals surface area (Å²) >= 11 is 0. The van der Waals surface area contributed by atoms with Gasteiger partial charge in [-0.05, 0) is 18.2 Å². The maximum Gasteiger partial charge on any atom is 0.240 e. The molecule has 1 aromatic carbocycles. The number of aliphatic hydroxyl groups excluding tert-OH is 1. The third-order valence-corrected chi connectivity index (χ3v) is 3.98. The first-order valence-electron chi connectivity index (χ1n) is 5.81. The number of nitrogens with zero attached hydrogens (tertiary/aromatic N) is 1. The summed E-state index contributed by atoms with van der Waals surface area (Å²) in [6, 6.07) is 4.24. The molecule has 0 aromatic heterocycles. The van der Waals surface area contributed by atoms with Crippen LogP contribution in [0.3, 0.4) is 0 Å². The molecular formula is C11H17N3O4S. The van der Waals surface area contributed by atoms with Crippen molar-refractivity contribution in [1.82, 2.24) is 0 Å². The zero-order chi connectivity index (χ0) is 14.0. The van der Waals surface area contributed by atoms with E-state index in [9.17, 15) is 13.5 Å². The number of ether oxygens (including phenoxy) is 1. The van der Waals surface area contributed by atoms with Crippen molar-refractivity contribution in [1.29, 1.82) is 0 Å². The second-order valence-corrected chi connectivity index (χ2v) is 5.91. The SMILES string of the molecule is Nc1ccc(N2CCOCC2CO)c(S(N)(=O)=O)c1. The number of benzene rings is 1. The molecule has 0 spiro atoms. The fraction of sp³-hybridized carbons (Fsp3) is 0.455. The van der Waals surface area contributed by atoms with E-state index in [-0.39, 0.29) is 17.5 Å². The summed E-state index contributed by atoms with van der Waals surface area (Å²) in [4.78, 5) is 1.75. The average molecular weight is 287 g/mol. The monoisotopic (exact) mass is 287 g/mol. The topological polar surface area (TPSA) is 119 Å². The molecule has 2 rings (SSSR count). The van der Waals surface area contributed by atoms with E-state index in [4.69, 9.17) is 15.6 Å². The van der Waals surface area contributed by atoms with Crippen LogP contribution < -0.4 is 15.8 Å². The molecule has 19 heavy (non-hydrogen) atoms. The Labute approximate surface area is 111 Å². The number of sulfonamides is 1. The van der Waals surface area contributed by atoms with Crippen LogP contribution in [-0.2, 0) is 14.8 Å². The molecule has 1 fully saturated rings. The Balaban J connectivity index is 2.49. The Kier molecular flexibility index (Phi) is 3.95. The van der Waals surface area contributed by atoms with Crippen LogP contribution in [0.5, 0.6) is 0 Å². The molecule has 7 nitrogen and oxygen atoms in total. The van der Waals surface area contributed by atoms with E-state index in [1.54, 1.807) is 17.0 Å². The van der Waals surface area contributed by atoms with Crippen LogP contribution >= 0.6 is 0 Å². The van der Waals surface area contributed by atoms with Crippen LogP contribution in [0, 0.1) is 0 Å². The molecule has 1 aliphatic rings. The van der Waals surface area contributed by atoms with E-state index >= 15 is 0 Å². The predicted octanol–water partition coefficient (Wildman–Crippen LogP) is -0.886. The molecule has 1 heterocycles. The van der Waals surface area contributed by atoms with Crippen molar-refractivity contribution >= 4 is 21.4 Å². The van der Waals surface area contributed by atoms with E-state index < -0.39 is 10.0 Å². The third-order valence-electron chi connectivity index (χ3n) is 3.04. The van der Waals surface area contributed by atoms with E-state index in [1.807, 2.05) is 0 Å². The van der Waals surface area contributed by atoms with Gasteiger partial charge >= 0.3 is 0 Å². The number of primary sulfonamides is 1. The van der Waals surface area contributed by atoms with Crippen molar-refractivity contribution in [2.45, 2.75) is 10.9 Å². The summed E-state index contributed by atoms with van der Waals surface area (Å²) in [5.74, 6) is 0. The predicted molar refractivity (Wildman–Crippen MR) is 71.3 cm³/mol. The van der Waals surface area contributed by atoms with Crippen LogP contribution in [0.2, 0.25) is 0 Å². The largest absolute Gasteiger partial charge is 0.399 e. The number of morpholine rings is 1. The number of hydrogen-bond acceptors (Lipinski definition) is 6. The number of anilines is 2. The standard InChI is InChI=1S/C11H17N3O4S/c12-8-1-2-10(11(5-8)19(13,16)17)14-3-4-18-7-9(14)6-15/h1-2,5,9,15H,3-4,6-7,12H2,(H2,13,16,17). The molecule has 1 unspecified atom stereocenters. The first kappa shape index (κ1) is 14.1. The molecule has 0 aliphatic carbocycles. The van der Waals surface area contributed by atoms with Gasteiger partial charge in [0.15, 0.2) is 0 Å². The van der Waals surface area contributed by atoms with Gasteiger partial charge in [-0.2, -0.15) is 0 Å². The number of aliphatic hydroxyl groups is 1. The highest BCUT2D eigenvalue weighted by Gasteiger charge is 2.27. The molecule has 1 saturated heterocycles. The van der Waals surface area contributed by atoms with Crippen LogP contribution in [0.4, 0.5) is 11.4 Å². The van der Waals surface area contributed by atoms with Crippen LogP contribution in [-0.4, -0.2) is 45.9 Å². The lowest BCUT2D eigenvalue weighted by Gasteiger charge is -2.37. The highest BCUT2D eigenvalue weighted by atomic mass is 32.2. The second kappa shape index (κ2) is 5.33. The molecule has 1 atom stereocenters. The van der Waals surface area contributed by atoms with Crippen LogP contribution in [0.1, 0.15) is 0 Å². The van der Waals surface area contributed by atoms with Crippen molar-refractivity contribution in [3.05, 3.63) is 18.2 Å². The summed E-state index contributed by atoms with van der Waals surface area (Å²) in [6.07, 6.45) is 0. The van der Waals surface area contributed by atoms with Gasteiger partial charge in [0, 0.05) is 12.2 Å². The molecule has 8 heteroatoms. The van der Waals surface area contributed by atoms with E-state index in [1.165, 1.54) is 6.07 Å². The fourth-order valence-electron chi connectivity index (χ4n) is 2.12. The second-order valence-electron chi connectivity index (χ2n) is 4.38. The van der Waals surface area contributed by atoms with Crippen molar-refractivity contribution in [3.8, 4) is 0 Å². The van der Waals surface area contributed by atoms with Crippen molar-refractivity contribution < 1.29 is 18.3 Å². The Hall–Kier alpha value is -1.35. The van der Waals surface area contributed by atoms with E-state index in [0.717, 1.165) is 0 Å². The zero-order valence-corrected chi connectivity index (χ0v) is 11.1. The highest BCUT2D eigenvalue weighted by molar-refractivity contribution is 7.89. The molecule has 0 bridgehead atoms. The molecule has 1 aliphatic heterocycles. The molecule has 5 N–H and O–H groups in total. The summed E-state index contributed by atoms with van der Waals surface area (Å²) in [7, 11) is -3.88. The maximum atomic E-state index is 11.6.